The van der Waals surface area contributed by atoms with E-state index in [2.05, 4.69) is 79.1 Å². The number of carboxylic acids is 1. The van der Waals surface area contributed by atoms with Crippen LogP contribution >= 0.6 is 7.82 Å². The highest BCUT2D eigenvalue weighted by Crippen LogP contribution is 2.43. The third-order valence-corrected chi connectivity index (χ3v) is 10.6. The molecule has 1 saturated heterocycles. The number of phosphoric acid groups is 1. The van der Waals surface area contributed by atoms with Crippen LogP contribution < -0.4 is 5.73 Å². The number of nitrogens with two attached hydrogens (primary N) is 1. The van der Waals surface area contributed by atoms with Gasteiger partial charge in [0.1, 0.15) is 12.6 Å². The smallest absolute Gasteiger partial charge is 0.472 e. The lowest BCUT2D eigenvalue weighted by molar-refractivity contribution is -0.161. The number of carbonyl (C=O) groups is 3. The topological polar surface area (TPSA) is 184 Å². The van der Waals surface area contributed by atoms with Crippen LogP contribution in [0.4, 0.5) is 0 Å². The summed E-state index contributed by atoms with van der Waals surface area (Å²) in [6.07, 6.45) is 44.4. The second-order valence-corrected chi connectivity index (χ2v) is 16.7. The molecule has 12 nitrogen and oxygen atoms in total. The van der Waals surface area contributed by atoms with E-state index in [9.17, 15) is 23.8 Å². The molecule has 0 spiro atoms. The second-order valence-electron chi connectivity index (χ2n) is 15.2. The Hall–Kier alpha value is -2.86. The van der Waals surface area contributed by atoms with E-state index in [0.717, 1.165) is 64.2 Å². The van der Waals surface area contributed by atoms with Gasteiger partial charge < -0.3 is 29.9 Å². The summed E-state index contributed by atoms with van der Waals surface area (Å²) in [5.74, 6) is -2.48. The van der Waals surface area contributed by atoms with E-state index in [0.29, 0.717) is 19.3 Å². The van der Waals surface area contributed by atoms with Crippen LogP contribution in [0.1, 0.15) is 168 Å². The van der Waals surface area contributed by atoms with E-state index >= 15 is 0 Å². The van der Waals surface area contributed by atoms with E-state index in [1.165, 1.54) is 57.8 Å². The fourth-order valence-electron chi connectivity index (χ4n) is 6.00. The lowest BCUT2D eigenvalue weighted by Crippen LogP contribution is -2.34. The van der Waals surface area contributed by atoms with Crippen molar-refractivity contribution >= 4 is 25.7 Å². The summed E-state index contributed by atoms with van der Waals surface area (Å²) in [5, 5.41) is 8.90. The molecule has 0 radical (unpaired) electrons. The van der Waals surface area contributed by atoms with Gasteiger partial charge >= 0.3 is 25.7 Å². The summed E-state index contributed by atoms with van der Waals surface area (Å²) in [6, 6.07) is -1.54. The van der Waals surface area contributed by atoms with Gasteiger partial charge in [-0.15, -0.1) is 0 Å². The zero-order chi connectivity index (χ0) is 43.2. The highest BCUT2D eigenvalue weighted by atomic mass is 31.2. The van der Waals surface area contributed by atoms with E-state index in [1.54, 1.807) is 0 Å². The molecule has 59 heavy (non-hydrogen) atoms. The summed E-state index contributed by atoms with van der Waals surface area (Å²) in [7, 11) is -4.75. The maximum atomic E-state index is 12.7. The number of ether oxygens (including phenoxy) is 3. The number of carbonyl (C=O) groups excluding carboxylic acids is 2. The number of epoxide rings is 1. The second kappa shape index (κ2) is 36.9. The molecule has 1 aliphatic rings. The third kappa shape index (κ3) is 34.5. The number of unbranched alkanes of at least 4 members (excludes halogenated alkanes) is 13. The van der Waals surface area contributed by atoms with Gasteiger partial charge in [-0.2, -0.15) is 0 Å². The van der Waals surface area contributed by atoms with Gasteiger partial charge in [-0.05, 0) is 83.5 Å². The first kappa shape index (κ1) is 54.2. The highest BCUT2D eigenvalue weighted by Gasteiger charge is 2.37. The number of allylic oxidation sites excluding steroid dienone is 9. The molecule has 4 N–H and O–H groups in total. The predicted octanol–water partition coefficient (Wildman–Crippen LogP) is 10.9. The summed E-state index contributed by atoms with van der Waals surface area (Å²) in [4.78, 5) is 46.1. The highest BCUT2D eigenvalue weighted by molar-refractivity contribution is 7.47. The van der Waals surface area contributed by atoms with Gasteiger partial charge in [0.25, 0.3) is 0 Å². The molecule has 0 aliphatic carbocycles. The van der Waals surface area contributed by atoms with E-state index in [4.69, 9.17) is 29.6 Å². The van der Waals surface area contributed by atoms with Crippen molar-refractivity contribution in [2.24, 2.45) is 5.73 Å². The Balaban J connectivity index is 2.34. The summed E-state index contributed by atoms with van der Waals surface area (Å²) >= 11 is 0. The molecule has 0 bridgehead atoms. The lowest BCUT2D eigenvalue weighted by atomic mass is 10.1. The predicted molar refractivity (Wildman–Crippen MR) is 235 cm³/mol. The number of esters is 2. The van der Waals surface area contributed by atoms with Crippen molar-refractivity contribution in [2.45, 2.75) is 192 Å². The minimum atomic E-state index is -4.75. The van der Waals surface area contributed by atoms with Crippen LogP contribution in [0.25, 0.3) is 0 Å². The quantitative estimate of drug-likeness (QED) is 0.0174. The van der Waals surface area contributed by atoms with E-state index in [-0.39, 0.29) is 31.7 Å². The van der Waals surface area contributed by atoms with Crippen LogP contribution in [0.15, 0.2) is 60.8 Å². The monoisotopic (exact) mass is 852 g/mol. The molecule has 0 amide bonds. The van der Waals surface area contributed by atoms with Crippen LogP contribution in [0.3, 0.4) is 0 Å². The lowest BCUT2D eigenvalue weighted by Gasteiger charge is -2.20. The fraction of sp³-hybridized carbons (Fsp3) is 0.717. The summed E-state index contributed by atoms with van der Waals surface area (Å²) in [5.41, 5.74) is 5.34. The van der Waals surface area contributed by atoms with Crippen molar-refractivity contribution in [3.63, 3.8) is 0 Å². The molecule has 0 saturated carbocycles. The number of phosphoric ester groups is 1. The summed E-state index contributed by atoms with van der Waals surface area (Å²) < 4.78 is 38.5. The van der Waals surface area contributed by atoms with Crippen LogP contribution in [-0.4, -0.2) is 72.1 Å². The maximum Gasteiger partial charge on any atom is 0.472 e. The molecule has 5 atom stereocenters. The molecule has 338 valence electrons. The molecular formula is C46H78NO11P. The van der Waals surface area contributed by atoms with E-state index < -0.39 is 51.1 Å². The fourth-order valence-corrected chi connectivity index (χ4v) is 6.78. The van der Waals surface area contributed by atoms with Crippen LogP contribution in [0, 0.1) is 0 Å². The SMILES string of the molecule is CCCCC/C=C\C/C=C\C/C=C\CC1OC1CCCC(=O)O[C@H](COC(=O)CCCCCCCCC/C=C\C/C=C\CCCCC)COP(=O)(O)OC[C@H](N)C(=O)O. The van der Waals surface area contributed by atoms with Gasteiger partial charge in [0.05, 0.1) is 25.4 Å². The summed E-state index contributed by atoms with van der Waals surface area (Å²) in [6.45, 7) is 2.66. The zero-order valence-corrected chi connectivity index (χ0v) is 37.2. The Kier molecular flexibility index (Phi) is 33.9. The average Bonchev–Trinajstić information content (AvgIpc) is 3.97. The van der Waals surface area contributed by atoms with E-state index in [1.807, 2.05) is 0 Å². The molecule has 1 heterocycles. The number of aliphatic carboxylic acids is 1. The van der Waals surface area contributed by atoms with Gasteiger partial charge in [0, 0.05) is 12.8 Å². The molecule has 0 aromatic carbocycles. The maximum absolute atomic E-state index is 12.7. The van der Waals surface area contributed by atoms with Crippen LogP contribution in [0.5, 0.6) is 0 Å². The van der Waals surface area contributed by atoms with Crippen molar-refractivity contribution in [1.82, 2.24) is 0 Å². The zero-order valence-electron chi connectivity index (χ0n) is 36.3. The van der Waals surface area contributed by atoms with Crippen molar-refractivity contribution in [3.8, 4) is 0 Å². The van der Waals surface area contributed by atoms with Gasteiger partial charge in [-0.3, -0.25) is 23.4 Å². The van der Waals surface area contributed by atoms with Gasteiger partial charge in [-0.1, -0.05) is 132 Å². The van der Waals surface area contributed by atoms with Gasteiger partial charge in [0.15, 0.2) is 6.10 Å². The van der Waals surface area contributed by atoms with Gasteiger partial charge in [-0.25, -0.2) is 4.57 Å². The first-order valence-electron chi connectivity index (χ1n) is 22.4. The number of rotatable bonds is 40. The Morgan fingerprint density at radius 3 is 1.69 bits per heavy atom. The largest absolute Gasteiger partial charge is 0.480 e. The van der Waals surface area contributed by atoms with Crippen molar-refractivity contribution in [3.05, 3.63) is 60.8 Å². The first-order valence-corrected chi connectivity index (χ1v) is 23.9. The minimum Gasteiger partial charge on any atom is -0.480 e. The minimum absolute atomic E-state index is 0.0685. The average molecular weight is 852 g/mol. The van der Waals surface area contributed by atoms with Crippen LogP contribution in [-0.2, 0) is 42.2 Å². The van der Waals surface area contributed by atoms with Gasteiger partial charge in [0.2, 0.25) is 0 Å². The molecule has 1 fully saturated rings. The molecule has 13 heteroatoms. The molecule has 1 aliphatic heterocycles. The first-order chi connectivity index (χ1) is 28.6. The molecule has 1 rings (SSSR count). The number of hydrogen-bond donors (Lipinski definition) is 3. The van der Waals surface area contributed by atoms with Crippen molar-refractivity contribution in [2.75, 3.05) is 19.8 Å². The third-order valence-electron chi connectivity index (χ3n) is 9.66. The Labute approximate surface area is 355 Å². The molecule has 0 aromatic rings. The molecule has 0 aromatic heterocycles. The number of carboxylic acid groups (broad SMARTS) is 1. The van der Waals surface area contributed by atoms with Crippen LogP contribution in [0.2, 0.25) is 0 Å². The normalized spacial score (nSPS) is 17.7. The Morgan fingerprint density at radius 2 is 1.12 bits per heavy atom. The molecular weight excluding hydrogens is 773 g/mol. The molecule has 3 unspecified atom stereocenters. The standard InChI is InChI=1S/C46H78NO11P/c1-3-5-7-9-11-13-15-17-18-19-20-21-23-25-27-29-31-35-44(48)54-37-40(38-55-59(52,53)56-39-41(47)46(50)51)57-45(49)36-32-34-43-42(58-43)33-30-28-26-24-22-16-14-12-10-8-6-4-2/h11-14,17-18,22,24,28,30,40-43H,3-10,15-16,19-21,23,25-27,29,31-39,47H2,1-2H3,(H,50,51)(H,52,53)/b13-11-,14-12-,18-17-,24-22-,30-28-/t40-,41+,42?,43?/m1/s1. The van der Waals surface area contributed by atoms with Crippen molar-refractivity contribution in [1.29, 1.82) is 0 Å². The number of hydrogen-bond acceptors (Lipinski definition) is 10. The van der Waals surface area contributed by atoms with Crippen molar-refractivity contribution < 1.29 is 52.2 Å². The Morgan fingerprint density at radius 1 is 0.627 bits per heavy atom. The Bertz CT molecular complexity index is 1300.